The molecule has 0 bridgehead atoms. The van der Waals surface area contributed by atoms with Gasteiger partial charge in [0.1, 0.15) is 18.7 Å². The Morgan fingerprint density at radius 3 is 2.21 bits per heavy atom. The van der Waals surface area contributed by atoms with Crippen LogP contribution < -0.4 is 21.3 Å². The van der Waals surface area contributed by atoms with Crippen LogP contribution in [0.4, 0.5) is 4.79 Å². The van der Waals surface area contributed by atoms with Crippen molar-refractivity contribution in [1.82, 2.24) is 31.2 Å². The number of benzene rings is 3. The van der Waals surface area contributed by atoms with Gasteiger partial charge in [-0.2, -0.15) is 0 Å². The summed E-state index contributed by atoms with van der Waals surface area (Å²) in [5, 5.41) is 24.4. The minimum atomic E-state index is -1.16. The van der Waals surface area contributed by atoms with E-state index in [1.807, 2.05) is 100 Å². The van der Waals surface area contributed by atoms with E-state index in [9.17, 15) is 24.3 Å². The largest absolute Gasteiger partial charge is 0.445 e. The minimum Gasteiger partial charge on any atom is -0.445 e. The van der Waals surface area contributed by atoms with Crippen LogP contribution in [0.2, 0.25) is 0 Å². The van der Waals surface area contributed by atoms with Gasteiger partial charge in [-0.15, -0.1) is 0 Å². The number of aliphatic hydroxyl groups excluding tert-OH is 1. The molecule has 6 N–H and O–H groups in total. The van der Waals surface area contributed by atoms with E-state index in [4.69, 9.17) is 4.74 Å². The fraction of sp³-hybridized carbons (Fsp3) is 0.425. The van der Waals surface area contributed by atoms with Crippen LogP contribution in [-0.2, 0) is 38.6 Å². The fourth-order valence-corrected chi connectivity index (χ4v) is 5.75. The molecule has 12 nitrogen and oxygen atoms in total. The number of aromatic nitrogens is 2. The normalized spacial score (nSPS) is 14.1. The number of hydrogen-bond donors (Lipinski definition) is 6. The average Bonchev–Trinajstić information content (AvgIpc) is 3.65. The van der Waals surface area contributed by atoms with E-state index in [1.54, 1.807) is 6.20 Å². The van der Waals surface area contributed by atoms with Crippen molar-refractivity contribution in [3.05, 3.63) is 102 Å². The summed E-state index contributed by atoms with van der Waals surface area (Å²) in [6.45, 7) is 8.49. The van der Waals surface area contributed by atoms with Gasteiger partial charge in [-0.05, 0) is 40.2 Å². The Labute approximate surface area is 305 Å². The van der Waals surface area contributed by atoms with Crippen molar-refractivity contribution >= 4 is 34.6 Å². The number of ether oxygens (including phenoxy) is 1. The molecule has 1 aromatic heterocycles. The van der Waals surface area contributed by atoms with Crippen LogP contribution in [0, 0.1) is 11.8 Å². The first-order valence-corrected chi connectivity index (χ1v) is 18.0. The van der Waals surface area contributed by atoms with Gasteiger partial charge < -0.3 is 36.1 Å². The fourth-order valence-electron chi connectivity index (χ4n) is 5.75. The highest BCUT2D eigenvalue weighted by Crippen LogP contribution is 2.18. The Kier molecular flexibility index (Phi) is 15.2. The first-order valence-electron chi connectivity index (χ1n) is 18.0. The Morgan fingerprint density at radius 1 is 0.827 bits per heavy atom. The van der Waals surface area contributed by atoms with Crippen LogP contribution in [0.1, 0.15) is 63.8 Å². The van der Waals surface area contributed by atoms with Crippen LogP contribution in [0.5, 0.6) is 0 Å². The molecule has 3 aromatic carbocycles. The van der Waals surface area contributed by atoms with Crippen LogP contribution in [0.25, 0.3) is 10.8 Å². The molecule has 278 valence electrons. The summed E-state index contributed by atoms with van der Waals surface area (Å²) in [7, 11) is 0. The lowest BCUT2D eigenvalue weighted by molar-refractivity contribution is -0.131. The molecule has 0 aliphatic heterocycles. The lowest BCUT2D eigenvalue weighted by Crippen LogP contribution is -2.57. The predicted molar refractivity (Wildman–Crippen MR) is 200 cm³/mol. The molecule has 4 rings (SSSR count). The quantitative estimate of drug-likeness (QED) is 0.0826. The molecule has 0 radical (unpaired) electrons. The number of amides is 4. The van der Waals surface area contributed by atoms with Crippen molar-refractivity contribution in [2.75, 3.05) is 6.54 Å². The number of rotatable bonds is 19. The summed E-state index contributed by atoms with van der Waals surface area (Å²) in [5.74, 6) is -1.09. The number of alkyl carbamates (subject to hydrolysis) is 1. The lowest BCUT2D eigenvalue weighted by atomic mass is 9.96. The van der Waals surface area contributed by atoms with Gasteiger partial charge in [0, 0.05) is 25.6 Å². The summed E-state index contributed by atoms with van der Waals surface area (Å²) in [5.41, 5.74) is 2.10. The number of nitrogens with zero attached hydrogens (tertiary/aromatic N) is 1. The van der Waals surface area contributed by atoms with E-state index in [0.29, 0.717) is 24.6 Å². The second-order valence-corrected chi connectivity index (χ2v) is 13.8. The van der Waals surface area contributed by atoms with Crippen LogP contribution in [-0.4, -0.2) is 69.7 Å². The van der Waals surface area contributed by atoms with Gasteiger partial charge in [0.25, 0.3) is 0 Å². The topological polar surface area (TPSA) is 175 Å². The van der Waals surface area contributed by atoms with E-state index in [0.717, 1.165) is 28.3 Å². The molecule has 4 aromatic rings. The van der Waals surface area contributed by atoms with Crippen molar-refractivity contribution in [1.29, 1.82) is 0 Å². The van der Waals surface area contributed by atoms with Gasteiger partial charge in [-0.1, -0.05) is 107 Å². The molecule has 12 heteroatoms. The number of hydrogen-bond acceptors (Lipinski definition) is 7. The van der Waals surface area contributed by atoms with Gasteiger partial charge in [0.05, 0.1) is 30.6 Å². The predicted octanol–water partition coefficient (Wildman–Crippen LogP) is 4.57. The molecule has 52 heavy (non-hydrogen) atoms. The highest BCUT2D eigenvalue weighted by Gasteiger charge is 2.32. The molecular formula is C40H52N6O6. The van der Waals surface area contributed by atoms with E-state index < -0.39 is 42.1 Å². The van der Waals surface area contributed by atoms with Crippen LogP contribution in [0.15, 0.2) is 85.3 Å². The molecule has 5 atom stereocenters. The van der Waals surface area contributed by atoms with Gasteiger partial charge in [-0.25, -0.2) is 9.78 Å². The second-order valence-electron chi connectivity index (χ2n) is 13.8. The zero-order chi connectivity index (χ0) is 37.5. The number of aliphatic hydroxyl groups is 1. The molecule has 3 unspecified atom stereocenters. The summed E-state index contributed by atoms with van der Waals surface area (Å²) in [6.07, 6.45) is 2.42. The van der Waals surface area contributed by atoms with Gasteiger partial charge in [0.2, 0.25) is 17.7 Å². The molecule has 0 saturated carbocycles. The first kappa shape index (κ1) is 39.6. The Morgan fingerprint density at radius 2 is 1.52 bits per heavy atom. The van der Waals surface area contributed by atoms with E-state index in [2.05, 4.69) is 31.2 Å². The molecule has 0 saturated heterocycles. The summed E-state index contributed by atoms with van der Waals surface area (Å²) >= 11 is 0. The maximum Gasteiger partial charge on any atom is 0.408 e. The SMILES string of the molecule is CCC(C)CNC(=O)CC(O)C(CC(C)C)NC(=O)[C@H](Cc1c[nH]cn1)NC(=O)[C@H](Cc1ccc2ccccc2c1)NC(=O)OCc1ccccc1. The highest BCUT2D eigenvalue weighted by atomic mass is 16.5. The van der Waals surface area contributed by atoms with Gasteiger partial charge in [-0.3, -0.25) is 14.4 Å². The van der Waals surface area contributed by atoms with Crippen molar-refractivity contribution in [3.63, 3.8) is 0 Å². The zero-order valence-electron chi connectivity index (χ0n) is 30.4. The van der Waals surface area contributed by atoms with Crippen LogP contribution >= 0.6 is 0 Å². The number of carbonyl (C=O) groups excluding carboxylic acids is 4. The number of carbonyl (C=O) groups is 4. The average molecular weight is 713 g/mol. The maximum absolute atomic E-state index is 14.1. The third kappa shape index (κ3) is 12.8. The Balaban J connectivity index is 1.53. The molecular weight excluding hydrogens is 660 g/mol. The molecule has 1 heterocycles. The first-order chi connectivity index (χ1) is 25.0. The monoisotopic (exact) mass is 712 g/mol. The number of imidazole rings is 1. The molecule has 0 aliphatic carbocycles. The van der Waals surface area contributed by atoms with Crippen molar-refractivity contribution in [2.45, 2.75) is 90.6 Å². The lowest BCUT2D eigenvalue weighted by Gasteiger charge is -2.29. The molecule has 0 fully saturated rings. The summed E-state index contributed by atoms with van der Waals surface area (Å²) in [6, 6.07) is 19.8. The minimum absolute atomic E-state index is 0.0103. The number of nitrogens with one attached hydrogen (secondary N) is 5. The molecule has 0 aliphatic rings. The number of aromatic amines is 1. The third-order valence-corrected chi connectivity index (χ3v) is 8.93. The second kappa shape index (κ2) is 20.0. The molecule has 0 spiro atoms. The number of H-pyrrole nitrogens is 1. The standard InChI is InChI=1S/C40H52N6O6/c1-5-27(4)22-42-37(48)21-36(47)33(17-26(2)3)44-39(50)35(20-32-23-41-25-43-32)45-38(49)34(46-40(51)52-24-28-11-7-6-8-12-28)19-29-15-16-30-13-9-10-14-31(30)18-29/h6-16,18,23,25-27,33-36,47H,5,17,19-22,24H2,1-4H3,(H,41,43)(H,42,48)(H,44,50)(H,45,49)(H,46,51)/t27?,33?,34-,35-,36?/m0/s1. The summed E-state index contributed by atoms with van der Waals surface area (Å²) < 4.78 is 5.45. The van der Waals surface area contributed by atoms with E-state index in [1.165, 1.54) is 6.33 Å². The maximum atomic E-state index is 14.1. The van der Waals surface area contributed by atoms with Gasteiger partial charge >= 0.3 is 6.09 Å². The van der Waals surface area contributed by atoms with Crippen LogP contribution in [0.3, 0.4) is 0 Å². The Bertz CT molecular complexity index is 1730. The van der Waals surface area contributed by atoms with Gasteiger partial charge in [0.15, 0.2) is 0 Å². The van der Waals surface area contributed by atoms with Crippen molar-refractivity contribution in [2.24, 2.45) is 11.8 Å². The van der Waals surface area contributed by atoms with E-state index in [-0.39, 0.29) is 37.7 Å². The highest BCUT2D eigenvalue weighted by molar-refractivity contribution is 5.92. The third-order valence-electron chi connectivity index (χ3n) is 8.93. The summed E-state index contributed by atoms with van der Waals surface area (Å²) in [4.78, 5) is 60.9. The zero-order valence-corrected chi connectivity index (χ0v) is 30.4. The number of fused-ring (bicyclic) bond motifs is 1. The van der Waals surface area contributed by atoms with E-state index >= 15 is 0 Å². The molecule has 4 amide bonds. The smallest absolute Gasteiger partial charge is 0.408 e. The van der Waals surface area contributed by atoms with Crippen molar-refractivity contribution < 1.29 is 29.0 Å². The Hall–Kier alpha value is -5.23. The van der Waals surface area contributed by atoms with Crippen molar-refractivity contribution in [3.8, 4) is 0 Å².